The molecule has 19 heavy (non-hydrogen) atoms. The summed E-state index contributed by atoms with van der Waals surface area (Å²) in [4.78, 5) is 16.7. The van der Waals surface area contributed by atoms with Gasteiger partial charge in [0, 0.05) is 19.3 Å². The first-order chi connectivity index (χ1) is 8.93. The first kappa shape index (κ1) is 13.6. The maximum Gasteiger partial charge on any atom is 0.419 e. The lowest BCUT2D eigenvalue weighted by atomic mass is 10.1. The van der Waals surface area contributed by atoms with Crippen LogP contribution < -0.4 is 4.90 Å². The fourth-order valence-electron chi connectivity index (χ4n) is 2.18. The molecule has 4 nitrogen and oxygen atoms in total. The van der Waals surface area contributed by atoms with Crippen molar-refractivity contribution >= 4 is 11.8 Å². The maximum absolute atomic E-state index is 12.9. The highest BCUT2D eigenvalue weighted by Crippen LogP contribution is 2.36. The molecule has 1 aromatic heterocycles. The van der Waals surface area contributed by atoms with Crippen LogP contribution in [0.2, 0.25) is 0 Å². The van der Waals surface area contributed by atoms with Gasteiger partial charge >= 0.3 is 12.1 Å². The fourth-order valence-corrected chi connectivity index (χ4v) is 2.18. The number of anilines is 1. The van der Waals surface area contributed by atoms with Crippen LogP contribution in [-0.2, 0) is 15.7 Å². The van der Waals surface area contributed by atoms with Gasteiger partial charge in [0.05, 0.1) is 18.6 Å². The smallest absolute Gasteiger partial charge is 0.419 e. The number of aromatic nitrogens is 1. The zero-order chi connectivity index (χ0) is 14.0. The number of hydrogen-bond donors (Lipinski definition) is 0. The lowest BCUT2D eigenvalue weighted by Crippen LogP contribution is -2.26. The molecule has 0 aliphatic carbocycles. The van der Waals surface area contributed by atoms with Gasteiger partial charge in [-0.25, -0.2) is 4.98 Å². The van der Waals surface area contributed by atoms with Crippen LogP contribution in [0.15, 0.2) is 18.3 Å². The summed E-state index contributed by atoms with van der Waals surface area (Å²) in [5, 5.41) is 0. The molecular weight excluding hydrogens is 261 g/mol. The Morgan fingerprint density at radius 1 is 1.53 bits per heavy atom. The molecule has 7 heteroatoms. The van der Waals surface area contributed by atoms with Gasteiger partial charge < -0.3 is 9.64 Å². The van der Waals surface area contributed by atoms with E-state index < -0.39 is 23.6 Å². The van der Waals surface area contributed by atoms with Crippen molar-refractivity contribution in [3.8, 4) is 0 Å². The minimum atomic E-state index is -4.45. The zero-order valence-corrected chi connectivity index (χ0v) is 10.3. The van der Waals surface area contributed by atoms with Crippen molar-refractivity contribution in [2.45, 2.75) is 12.6 Å². The molecule has 1 aliphatic heterocycles. The molecule has 104 valence electrons. The number of pyridine rings is 1. The van der Waals surface area contributed by atoms with Crippen LogP contribution in [0.1, 0.15) is 12.0 Å². The van der Waals surface area contributed by atoms with Gasteiger partial charge in [0.25, 0.3) is 0 Å². The predicted octanol–water partition coefficient (Wildman–Crippen LogP) is 2.10. The zero-order valence-electron chi connectivity index (χ0n) is 10.3. The first-order valence-corrected chi connectivity index (χ1v) is 5.78. The Hall–Kier alpha value is -1.79. The van der Waals surface area contributed by atoms with Gasteiger partial charge in [0.15, 0.2) is 0 Å². The predicted molar refractivity (Wildman–Crippen MR) is 61.6 cm³/mol. The van der Waals surface area contributed by atoms with Gasteiger partial charge in [-0.1, -0.05) is 0 Å². The molecule has 0 N–H and O–H groups in total. The number of carbonyl (C=O) groups is 1. The molecule has 2 rings (SSSR count). The van der Waals surface area contributed by atoms with Crippen LogP contribution in [0.5, 0.6) is 0 Å². The van der Waals surface area contributed by atoms with Gasteiger partial charge in [-0.05, 0) is 18.6 Å². The number of nitrogens with zero attached hydrogens (tertiary/aromatic N) is 2. The second-order valence-corrected chi connectivity index (χ2v) is 4.33. The Kier molecular flexibility index (Phi) is 3.64. The number of methoxy groups -OCH3 is 1. The number of rotatable bonds is 2. The summed E-state index contributed by atoms with van der Waals surface area (Å²) >= 11 is 0. The molecule has 0 saturated carbocycles. The average molecular weight is 274 g/mol. The molecule has 1 unspecified atom stereocenters. The van der Waals surface area contributed by atoms with Gasteiger partial charge in [0.2, 0.25) is 0 Å². The van der Waals surface area contributed by atoms with Crippen molar-refractivity contribution in [3.05, 3.63) is 23.9 Å². The van der Waals surface area contributed by atoms with E-state index in [1.165, 1.54) is 24.3 Å². The second kappa shape index (κ2) is 5.07. The van der Waals surface area contributed by atoms with E-state index in [0.717, 1.165) is 6.07 Å². The Bertz CT molecular complexity index is 476. The molecule has 1 aliphatic rings. The topological polar surface area (TPSA) is 42.4 Å². The lowest BCUT2D eigenvalue weighted by molar-refractivity contribution is -0.144. The van der Waals surface area contributed by atoms with Crippen LogP contribution in [0.3, 0.4) is 0 Å². The highest BCUT2D eigenvalue weighted by molar-refractivity contribution is 5.74. The average Bonchev–Trinajstić information content (AvgIpc) is 2.86. The van der Waals surface area contributed by atoms with Crippen LogP contribution in [-0.4, -0.2) is 31.2 Å². The third kappa shape index (κ3) is 2.80. The van der Waals surface area contributed by atoms with Gasteiger partial charge in [-0.3, -0.25) is 4.79 Å². The molecule has 0 radical (unpaired) electrons. The summed E-state index contributed by atoms with van der Waals surface area (Å²) in [6.45, 7) is 0.562. The van der Waals surface area contributed by atoms with Crippen molar-refractivity contribution in [2.75, 3.05) is 25.1 Å². The van der Waals surface area contributed by atoms with Crippen LogP contribution in [0.25, 0.3) is 0 Å². The molecule has 0 aromatic carbocycles. The van der Waals surface area contributed by atoms with Crippen molar-refractivity contribution in [1.29, 1.82) is 0 Å². The number of esters is 1. The quantitative estimate of drug-likeness (QED) is 0.775. The largest absolute Gasteiger partial charge is 0.469 e. The van der Waals surface area contributed by atoms with Crippen molar-refractivity contribution in [2.24, 2.45) is 5.92 Å². The monoisotopic (exact) mass is 274 g/mol. The van der Waals surface area contributed by atoms with Crippen LogP contribution >= 0.6 is 0 Å². The fraction of sp³-hybridized carbons (Fsp3) is 0.500. The van der Waals surface area contributed by atoms with E-state index in [4.69, 9.17) is 0 Å². The number of alkyl halides is 3. The van der Waals surface area contributed by atoms with E-state index in [9.17, 15) is 18.0 Å². The van der Waals surface area contributed by atoms with E-state index in [1.807, 2.05) is 0 Å². The molecule has 1 fully saturated rings. The van der Waals surface area contributed by atoms with Crippen molar-refractivity contribution < 1.29 is 22.7 Å². The number of carbonyl (C=O) groups excluding carboxylic acids is 1. The summed E-state index contributed by atoms with van der Waals surface area (Å²) in [6.07, 6.45) is -2.66. The van der Waals surface area contributed by atoms with Crippen molar-refractivity contribution in [3.63, 3.8) is 0 Å². The van der Waals surface area contributed by atoms with Crippen LogP contribution in [0, 0.1) is 5.92 Å². The highest BCUT2D eigenvalue weighted by Gasteiger charge is 2.38. The first-order valence-electron chi connectivity index (χ1n) is 5.78. The standard InChI is InChI=1S/C12H13F3N2O2/c1-19-11(18)8-4-6-17(7-8)10-9(12(13,14)15)3-2-5-16-10/h2-3,5,8H,4,6-7H2,1H3. The third-order valence-electron chi connectivity index (χ3n) is 3.11. The van der Waals surface area contributed by atoms with Gasteiger partial charge in [-0.2, -0.15) is 13.2 Å². The third-order valence-corrected chi connectivity index (χ3v) is 3.11. The Labute approximate surface area is 108 Å². The summed E-state index contributed by atoms with van der Waals surface area (Å²) < 4.78 is 43.2. The Morgan fingerprint density at radius 2 is 2.26 bits per heavy atom. The molecule has 2 heterocycles. The Morgan fingerprint density at radius 3 is 2.89 bits per heavy atom. The minimum absolute atomic E-state index is 0.124. The minimum Gasteiger partial charge on any atom is -0.469 e. The molecule has 0 bridgehead atoms. The SMILES string of the molecule is COC(=O)C1CCN(c2ncccc2C(F)(F)F)C1. The Balaban J connectivity index is 2.23. The summed E-state index contributed by atoms with van der Waals surface area (Å²) in [5.41, 5.74) is -0.777. The van der Waals surface area contributed by atoms with E-state index in [1.54, 1.807) is 0 Å². The normalized spacial score (nSPS) is 19.6. The molecule has 0 spiro atoms. The number of ether oxygens (including phenoxy) is 1. The summed E-state index contributed by atoms with van der Waals surface area (Å²) in [6, 6.07) is 2.24. The van der Waals surface area contributed by atoms with E-state index in [-0.39, 0.29) is 12.4 Å². The van der Waals surface area contributed by atoms with Gasteiger partial charge in [-0.15, -0.1) is 0 Å². The molecular formula is C12H13F3N2O2. The van der Waals surface area contributed by atoms with Crippen LogP contribution in [0.4, 0.5) is 19.0 Å². The summed E-state index contributed by atoms with van der Waals surface area (Å²) in [7, 11) is 1.27. The van der Waals surface area contributed by atoms with E-state index in [0.29, 0.717) is 13.0 Å². The summed E-state index contributed by atoms with van der Waals surface area (Å²) in [5.74, 6) is -0.915. The molecule has 1 aromatic rings. The maximum atomic E-state index is 12.9. The number of hydrogen-bond acceptors (Lipinski definition) is 4. The second-order valence-electron chi connectivity index (χ2n) is 4.33. The van der Waals surface area contributed by atoms with E-state index >= 15 is 0 Å². The number of halogens is 3. The molecule has 0 amide bonds. The van der Waals surface area contributed by atoms with Crippen molar-refractivity contribution in [1.82, 2.24) is 4.98 Å². The lowest BCUT2D eigenvalue weighted by Gasteiger charge is -2.21. The molecule has 1 saturated heterocycles. The molecule has 1 atom stereocenters. The highest BCUT2D eigenvalue weighted by atomic mass is 19.4. The van der Waals surface area contributed by atoms with Gasteiger partial charge in [0.1, 0.15) is 5.82 Å². The van der Waals surface area contributed by atoms with E-state index in [2.05, 4.69) is 9.72 Å².